The van der Waals surface area contributed by atoms with Crippen LogP contribution < -0.4 is 31.2 Å². The van der Waals surface area contributed by atoms with Gasteiger partial charge in [0.05, 0.1) is 36.6 Å². The molecule has 3 amide bonds. The standard InChI is InChI=1S/C34H43ClN10O6.C2HF3O2/c1-4-6-7-12-51-26-15-25-24(14-23(26)34(50)43-10-8-42(9-11-43)33(49)21-13-22(47)17-38-16-21)44(5-2)27(45(25)19-20(3)46)18-39-32(48)28-30(36)41-31(37)29(35)40-28;3-2(4,5)1(6)7/h13-17,20,46H,4-12,18-19H2,1-3H3,(H5-,36,37,39,41,47,48);(H,6,7)/t20-;/m0./s1. The van der Waals surface area contributed by atoms with Crippen LogP contribution in [0, 0.1) is 0 Å². The van der Waals surface area contributed by atoms with Crippen molar-refractivity contribution in [3.05, 3.63) is 58.4 Å². The van der Waals surface area contributed by atoms with E-state index in [-0.39, 0.29) is 58.7 Å². The number of piperazine rings is 1. The number of carboxylic acid groups (broad SMARTS) is 1. The lowest BCUT2D eigenvalue weighted by Gasteiger charge is -2.35. The quantitative estimate of drug-likeness (QED) is 0.0945. The first kappa shape index (κ1) is 44.8. The molecule has 5 rings (SSSR count). The van der Waals surface area contributed by atoms with Crippen molar-refractivity contribution < 1.29 is 57.0 Å². The molecule has 0 radical (unpaired) electrons. The molecule has 1 saturated heterocycles. The van der Waals surface area contributed by atoms with Gasteiger partial charge in [-0.2, -0.15) is 13.2 Å². The number of aromatic nitrogens is 5. The van der Waals surface area contributed by atoms with Crippen LogP contribution in [0.1, 0.15) is 77.1 Å². The Morgan fingerprint density at radius 1 is 1.02 bits per heavy atom. The molecule has 4 heterocycles. The third kappa shape index (κ3) is 10.9. The molecule has 22 heteroatoms. The van der Waals surface area contributed by atoms with Crippen molar-refractivity contribution in [2.75, 3.05) is 44.3 Å². The van der Waals surface area contributed by atoms with Gasteiger partial charge >= 0.3 is 6.18 Å². The lowest BCUT2D eigenvalue weighted by Crippen LogP contribution is -2.50. The Kier molecular flexibility index (Phi) is 15.0. The van der Waals surface area contributed by atoms with Crippen LogP contribution in [0.3, 0.4) is 0 Å². The van der Waals surface area contributed by atoms with Crippen molar-refractivity contribution in [2.24, 2.45) is 0 Å². The monoisotopic (exact) mass is 836 g/mol. The van der Waals surface area contributed by atoms with Gasteiger partial charge in [-0.25, -0.2) is 19.1 Å². The molecule has 0 unspecified atom stereocenters. The summed E-state index contributed by atoms with van der Waals surface area (Å²) in [7, 11) is 0. The summed E-state index contributed by atoms with van der Waals surface area (Å²) in [5.41, 5.74) is 13.5. The summed E-state index contributed by atoms with van der Waals surface area (Å²) in [6.07, 6.45) is -0.520. The number of unbranched alkanes of at least 4 members (excludes halogenated alkanes) is 2. The molecule has 314 valence electrons. The molecule has 1 aromatic carbocycles. The Morgan fingerprint density at radius 2 is 1.66 bits per heavy atom. The number of aryl methyl sites for hydroxylation is 1. The number of rotatable bonds is 13. The Labute approximate surface area is 335 Å². The number of hydrogen-bond acceptors (Lipinski definition) is 13. The number of amides is 3. The van der Waals surface area contributed by atoms with E-state index in [1.165, 1.54) is 18.5 Å². The number of alkyl halides is 3. The summed E-state index contributed by atoms with van der Waals surface area (Å²) in [6, 6.07) is 4.97. The Hall–Kier alpha value is -5.96. The van der Waals surface area contributed by atoms with Gasteiger partial charge < -0.3 is 51.4 Å². The average Bonchev–Trinajstić information content (AvgIpc) is 3.46. The highest BCUT2D eigenvalue weighted by molar-refractivity contribution is 6.31. The normalized spacial score (nSPS) is 13.4. The number of imidazole rings is 1. The SMILES string of the molecule is CCCCCOc1cc2c(cc1C(=O)N1CCN(C(=O)c3cncc(O)c3)CC1)n(CC)c(CNC(=O)c1nc(Cl)c(N)nc1N)[n+]2C[C@H](C)O.O=C([O-])C(F)(F)F. The highest BCUT2D eigenvalue weighted by Gasteiger charge is 2.33. The molecule has 0 spiro atoms. The summed E-state index contributed by atoms with van der Waals surface area (Å²) in [6.45, 7) is 7.96. The smallest absolute Gasteiger partial charge is 0.430 e. The van der Waals surface area contributed by atoms with Gasteiger partial charge in [-0.3, -0.25) is 19.4 Å². The number of nitrogens with zero attached hydrogens (tertiary/aromatic N) is 7. The molecule has 0 saturated carbocycles. The number of benzene rings is 1. The van der Waals surface area contributed by atoms with Gasteiger partial charge in [0.25, 0.3) is 23.5 Å². The Bertz CT molecular complexity index is 2140. The van der Waals surface area contributed by atoms with E-state index in [0.717, 1.165) is 19.3 Å². The number of aliphatic hydroxyl groups excluding tert-OH is 1. The third-order valence-corrected chi connectivity index (χ3v) is 9.14. The molecule has 1 atom stereocenters. The first-order chi connectivity index (χ1) is 27.4. The van der Waals surface area contributed by atoms with Gasteiger partial charge in [0.2, 0.25) is 0 Å². The summed E-state index contributed by atoms with van der Waals surface area (Å²) < 4.78 is 41.7. The topological polar surface area (TPSA) is 259 Å². The van der Waals surface area contributed by atoms with E-state index >= 15 is 0 Å². The van der Waals surface area contributed by atoms with Gasteiger partial charge in [-0.05, 0) is 26.3 Å². The molecule has 1 aliphatic rings. The van der Waals surface area contributed by atoms with Crippen LogP contribution in [0.25, 0.3) is 11.0 Å². The Balaban J connectivity index is 0.000000973. The van der Waals surface area contributed by atoms with Gasteiger partial charge in [-0.1, -0.05) is 31.4 Å². The maximum atomic E-state index is 14.2. The maximum Gasteiger partial charge on any atom is 0.430 e. The average molecular weight is 837 g/mol. The van der Waals surface area contributed by atoms with Crippen LogP contribution in [0.5, 0.6) is 11.5 Å². The molecule has 3 aromatic heterocycles. The van der Waals surface area contributed by atoms with Crippen molar-refractivity contribution in [1.29, 1.82) is 0 Å². The van der Waals surface area contributed by atoms with Crippen LogP contribution in [-0.2, 0) is 24.4 Å². The van der Waals surface area contributed by atoms with E-state index in [2.05, 4.69) is 27.2 Å². The summed E-state index contributed by atoms with van der Waals surface area (Å²) >= 11 is 6.01. The fraction of sp³-hybridized carbons (Fsp3) is 0.444. The fourth-order valence-electron chi connectivity index (χ4n) is 6.11. The molecule has 1 fully saturated rings. The molecular formula is C36H44ClF3N10O8. The minimum atomic E-state index is -5.19. The third-order valence-electron chi connectivity index (χ3n) is 8.86. The molecule has 1 aliphatic heterocycles. The molecular weight excluding hydrogens is 793 g/mol. The van der Waals surface area contributed by atoms with Crippen molar-refractivity contribution in [1.82, 2.24) is 34.6 Å². The first-order valence-corrected chi connectivity index (χ1v) is 18.5. The van der Waals surface area contributed by atoms with E-state index < -0.39 is 24.2 Å². The maximum absolute atomic E-state index is 14.2. The van der Waals surface area contributed by atoms with Crippen molar-refractivity contribution >= 4 is 58.0 Å². The van der Waals surface area contributed by atoms with Crippen LogP contribution in [-0.4, -0.2) is 108 Å². The number of nitrogen functional groups attached to an aromatic ring is 2. The summed E-state index contributed by atoms with van der Waals surface area (Å²) in [4.78, 5) is 64.3. The van der Waals surface area contributed by atoms with E-state index in [4.69, 9.17) is 37.7 Å². The van der Waals surface area contributed by atoms with Crippen LogP contribution in [0.4, 0.5) is 24.8 Å². The zero-order valence-corrected chi connectivity index (χ0v) is 32.6. The zero-order chi connectivity index (χ0) is 42.9. The van der Waals surface area contributed by atoms with E-state index in [9.17, 15) is 37.8 Å². The lowest BCUT2D eigenvalue weighted by atomic mass is 10.1. The minimum Gasteiger partial charge on any atom is -0.542 e. The number of nitrogens with two attached hydrogens (primary N) is 2. The number of carboxylic acids is 1. The lowest BCUT2D eigenvalue weighted by molar-refractivity contribution is -0.686. The van der Waals surface area contributed by atoms with Gasteiger partial charge in [0.15, 0.2) is 33.5 Å². The van der Waals surface area contributed by atoms with Gasteiger partial charge in [0.1, 0.15) is 30.6 Å². The number of aromatic hydroxyl groups is 1. The number of carbonyl (C=O) groups excluding carboxylic acids is 4. The van der Waals surface area contributed by atoms with E-state index in [1.54, 1.807) is 22.8 Å². The zero-order valence-electron chi connectivity index (χ0n) is 31.9. The van der Waals surface area contributed by atoms with Gasteiger partial charge in [0, 0.05) is 44.5 Å². The second-order valence-corrected chi connectivity index (χ2v) is 13.5. The number of pyridine rings is 1. The highest BCUT2D eigenvalue weighted by Crippen LogP contribution is 2.29. The van der Waals surface area contributed by atoms with Crippen molar-refractivity contribution in [3.63, 3.8) is 0 Å². The number of fused-ring (bicyclic) bond motifs is 1. The second-order valence-electron chi connectivity index (χ2n) is 13.1. The van der Waals surface area contributed by atoms with Crippen molar-refractivity contribution in [3.8, 4) is 11.5 Å². The minimum absolute atomic E-state index is 0.0118. The van der Waals surface area contributed by atoms with Crippen LogP contribution in [0.2, 0.25) is 5.15 Å². The number of carbonyl (C=O) groups is 4. The number of aliphatic carboxylic acids is 1. The molecule has 7 N–H and O–H groups in total. The Morgan fingerprint density at radius 3 is 2.22 bits per heavy atom. The van der Waals surface area contributed by atoms with E-state index in [1.807, 2.05) is 22.1 Å². The predicted molar refractivity (Wildman–Crippen MR) is 200 cm³/mol. The number of ether oxygens (including phenoxy) is 1. The number of nitrogens with one attached hydrogen (secondary N) is 1. The number of hydrogen-bond donors (Lipinski definition) is 5. The molecule has 4 aromatic rings. The van der Waals surface area contributed by atoms with Gasteiger partial charge in [-0.15, -0.1) is 0 Å². The number of aliphatic hydroxyl groups is 1. The fourth-order valence-corrected chi connectivity index (χ4v) is 6.24. The molecule has 18 nitrogen and oxygen atoms in total. The van der Waals surface area contributed by atoms with Crippen LogP contribution >= 0.6 is 11.6 Å². The molecule has 0 bridgehead atoms. The van der Waals surface area contributed by atoms with Crippen molar-refractivity contribution in [2.45, 2.75) is 71.9 Å². The second kappa shape index (κ2) is 19.5. The largest absolute Gasteiger partial charge is 0.542 e. The first-order valence-electron chi connectivity index (χ1n) is 18.1. The highest BCUT2D eigenvalue weighted by atomic mass is 35.5. The molecule has 58 heavy (non-hydrogen) atoms. The number of halogens is 4. The van der Waals surface area contributed by atoms with Crippen LogP contribution in [0.15, 0.2) is 30.6 Å². The number of anilines is 2. The van der Waals surface area contributed by atoms with E-state index in [0.29, 0.717) is 67.5 Å². The predicted octanol–water partition coefficient (Wildman–Crippen LogP) is 1.43. The summed E-state index contributed by atoms with van der Waals surface area (Å²) in [5.74, 6) is -3.46. The molecule has 0 aliphatic carbocycles. The summed E-state index contributed by atoms with van der Waals surface area (Å²) in [5, 5.41) is 31.8.